The Morgan fingerprint density at radius 1 is 1.35 bits per heavy atom. The predicted octanol–water partition coefficient (Wildman–Crippen LogP) is 2.46. The first-order valence-corrected chi connectivity index (χ1v) is 8.37. The molecular formula is C14H26N2O3S. The monoisotopic (exact) mass is 302 g/mol. The lowest BCUT2D eigenvalue weighted by Gasteiger charge is -2.22. The Balaban J connectivity index is 2.36. The third-order valence-corrected chi connectivity index (χ3v) is 4.87. The minimum Gasteiger partial charge on any atom is -0.481 e. The van der Waals surface area contributed by atoms with E-state index in [4.69, 9.17) is 5.11 Å². The van der Waals surface area contributed by atoms with E-state index >= 15 is 0 Å². The number of urea groups is 1. The van der Waals surface area contributed by atoms with Gasteiger partial charge in [-0.2, -0.15) is 11.8 Å². The maximum atomic E-state index is 11.9. The molecule has 0 aliphatic heterocycles. The number of rotatable bonds is 7. The van der Waals surface area contributed by atoms with E-state index in [2.05, 4.69) is 17.6 Å². The summed E-state index contributed by atoms with van der Waals surface area (Å²) in [5.41, 5.74) is 0. The van der Waals surface area contributed by atoms with E-state index in [1.807, 2.05) is 25.6 Å². The third-order valence-electron chi connectivity index (χ3n) is 3.64. The van der Waals surface area contributed by atoms with Crippen molar-refractivity contribution in [1.82, 2.24) is 10.6 Å². The van der Waals surface area contributed by atoms with Crippen LogP contribution in [0.2, 0.25) is 0 Å². The zero-order valence-corrected chi connectivity index (χ0v) is 13.3. The third kappa shape index (κ3) is 6.03. The summed E-state index contributed by atoms with van der Waals surface area (Å²) in [5.74, 6) is 0.325. The van der Waals surface area contributed by atoms with Crippen molar-refractivity contribution in [3.8, 4) is 0 Å². The Hall–Kier alpha value is -0.910. The number of hydrogen-bond acceptors (Lipinski definition) is 3. The van der Waals surface area contributed by atoms with Gasteiger partial charge in [0, 0.05) is 17.3 Å². The zero-order valence-electron chi connectivity index (χ0n) is 12.5. The molecule has 6 heteroatoms. The number of carboxylic acids is 1. The Morgan fingerprint density at radius 3 is 2.60 bits per heavy atom. The van der Waals surface area contributed by atoms with Crippen LogP contribution < -0.4 is 10.6 Å². The first-order valence-electron chi connectivity index (χ1n) is 7.32. The van der Waals surface area contributed by atoms with E-state index < -0.39 is 5.97 Å². The van der Waals surface area contributed by atoms with Crippen LogP contribution in [0.15, 0.2) is 0 Å². The molecule has 3 N–H and O–H groups in total. The van der Waals surface area contributed by atoms with Crippen LogP contribution in [0.3, 0.4) is 0 Å². The summed E-state index contributed by atoms with van der Waals surface area (Å²) in [4.78, 5) is 22.7. The fraction of sp³-hybridized carbons (Fsp3) is 0.857. The lowest BCUT2D eigenvalue weighted by atomic mass is 10.0. The van der Waals surface area contributed by atoms with Crippen molar-refractivity contribution in [1.29, 1.82) is 0 Å². The van der Waals surface area contributed by atoms with Crippen LogP contribution in [0.1, 0.15) is 46.5 Å². The standard InChI is InChI=1S/C14H26N2O3S/c1-4-20-11-6-5-10(7-11)15-14(19)16-12(9(2)3)8-13(17)18/h9-12H,4-8H2,1-3H3,(H,17,18)(H2,15,16,19). The SMILES string of the molecule is CCSC1CCC(NC(=O)NC(CC(=O)O)C(C)C)C1. The highest BCUT2D eigenvalue weighted by atomic mass is 32.2. The Bertz CT molecular complexity index is 336. The van der Waals surface area contributed by atoms with Gasteiger partial charge >= 0.3 is 12.0 Å². The average Bonchev–Trinajstić information content (AvgIpc) is 2.75. The van der Waals surface area contributed by atoms with Gasteiger partial charge in [0.05, 0.1) is 6.42 Å². The first kappa shape index (κ1) is 17.1. The van der Waals surface area contributed by atoms with Crippen molar-refractivity contribution in [2.75, 3.05) is 5.75 Å². The van der Waals surface area contributed by atoms with Gasteiger partial charge in [-0.3, -0.25) is 4.79 Å². The summed E-state index contributed by atoms with van der Waals surface area (Å²) < 4.78 is 0. The van der Waals surface area contributed by atoms with Crippen molar-refractivity contribution in [2.24, 2.45) is 5.92 Å². The predicted molar refractivity (Wildman–Crippen MR) is 82.1 cm³/mol. The lowest BCUT2D eigenvalue weighted by molar-refractivity contribution is -0.137. The molecule has 1 aliphatic carbocycles. The minimum atomic E-state index is -0.885. The fourth-order valence-corrected chi connectivity index (χ4v) is 3.64. The smallest absolute Gasteiger partial charge is 0.315 e. The molecule has 116 valence electrons. The van der Waals surface area contributed by atoms with E-state index in [1.165, 1.54) is 0 Å². The molecule has 3 unspecified atom stereocenters. The second-order valence-corrected chi connectivity index (χ2v) is 7.23. The molecule has 0 aromatic carbocycles. The largest absolute Gasteiger partial charge is 0.481 e. The summed E-state index contributed by atoms with van der Waals surface area (Å²) >= 11 is 1.95. The van der Waals surface area contributed by atoms with Crippen molar-refractivity contribution in [3.05, 3.63) is 0 Å². The normalized spacial score (nSPS) is 23.6. The zero-order chi connectivity index (χ0) is 15.1. The van der Waals surface area contributed by atoms with Gasteiger partial charge in [0.1, 0.15) is 0 Å². The van der Waals surface area contributed by atoms with E-state index in [1.54, 1.807) is 0 Å². The molecule has 5 nitrogen and oxygen atoms in total. The molecule has 0 spiro atoms. The summed E-state index contributed by atoms with van der Waals surface area (Å²) in [5, 5.41) is 15.2. The minimum absolute atomic E-state index is 0.0376. The van der Waals surface area contributed by atoms with Crippen molar-refractivity contribution < 1.29 is 14.7 Å². The van der Waals surface area contributed by atoms with Crippen molar-refractivity contribution in [2.45, 2.75) is 63.8 Å². The molecule has 3 atom stereocenters. The second kappa shape index (κ2) is 8.39. The lowest BCUT2D eigenvalue weighted by Crippen LogP contribution is -2.48. The molecule has 0 aromatic rings. The maximum Gasteiger partial charge on any atom is 0.315 e. The van der Waals surface area contributed by atoms with Crippen LogP contribution in [0.25, 0.3) is 0 Å². The molecule has 1 fully saturated rings. The highest BCUT2D eigenvalue weighted by Crippen LogP contribution is 2.29. The summed E-state index contributed by atoms with van der Waals surface area (Å²) in [7, 11) is 0. The van der Waals surface area contributed by atoms with Gasteiger partial charge in [-0.15, -0.1) is 0 Å². The molecule has 20 heavy (non-hydrogen) atoms. The van der Waals surface area contributed by atoms with Gasteiger partial charge in [0.15, 0.2) is 0 Å². The van der Waals surface area contributed by atoms with Crippen molar-refractivity contribution in [3.63, 3.8) is 0 Å². The van der Waals surface area contributed by atoms with Crippen LogP contribution in [0.4, 0.5) is 4.79 Å². The second-order valence-electron chi connectivity index (χ2n) is 5.65. The number of carbonyl (C=O) groups excluding carboxylic acids is 1. The Morgan fingerprint density at radius 2 is 2.05 bits per heavy atom. The number of amides is 2. The average molecular weight is 302 g/mol. The molecule has 0 radical (unpaired) electrons. The van der Waals surface area contributed by atoms with Gasteiger partial charge in [0.2, 0.25) is 0 Å². The quantitative estimate of drug-likeness (QED) is 0.675. The number of carboxylic acid groups (broad SMARTS) is 1. The first-order chi connectivity index (χ1) is 9.42. The topological polar surface area (TPSA) is 78.4 Å². The van der Waals surface area contributed by atoms with Gasteiger partial charge in [-0.25, -0.2) is 4.79 Å². The molecule has 2 amide bonds. The number of nitrogens with one attached hydrogen (secondary N) is 2. The van der Waals surface area contributed by atoms with Crippen molar-refractivity contribution >= 4 is 23.8 Å². The molecular weight excluding hydrogens is 276 g/mol. The maximum absolute atomic E-state index is 11.9. The van der Waals surface area contributed by atoms with E-state index in [0.29, 0.717) is 5.25 Å². The summed E-state index contributed by atoms with van der Waals surface area (Å²) in [6.45, 7) is 5.98. The fourth-order valence-electron chi connectivity index (χ4n) is 2.50. The summed E-state index contributed by atoms with van der Waals surface area (Å²) in [6.07, 6.45) is 3.13. The van der Waals surface area contributed by atoms with Crippen LogP contribution >= 0.6 is 11.8 Å². The molecule has 1 saturated carbocycles. The summed E-state index contributed by atoms with van der Waals surface area (Å²) in [6, 6.07) is -0.344. The van der Waals surface area contributed by atoms with E-state index in [-0.39, 0.29) is 30.5 Å². The van der Waals surface area contributed by atoms with Gasteiger partial charge in [-0.05, 0) is 30.9 Å². The van der Waals surface area contributed by atoms with Crippen LogP contribution in [-0.2, 0) is 4.79 Å². The van der Waals surface area contributed by atoms with E-state index in [9.17, 15) is 9.59 Å². The Labute approximate surface area is 125 Å². The number of hydrogen-bond donors (Lipinski definition) is 3. The highest BCUT2D eigenvalue weighted by molar-refractivity contribution is 7.99. The van der Waals surface area contributed by atoms with Crippen LogP contribution in [-0.4, -0.2) is 40.2 Å². The molecule has 1 rings (SSSR count). The van der Waals surface area contributed by atoms with Crippen LogP contribution in [0, 0.1) is 5.92 Å². The number of carbonyl (C=O) groups is 2. The highest BCUT2D eigenvalue weighted by Gasteiger charge is 2.27. The Kier molecular flexibility index (Phi) is 7.19. The number of thioether (sulfide) groups is 1. The molecule has 0 heterocycles. The van der Waals surface area contributed by atoms with Gasteiger partial charge in [0.25, 0.3) is 0 Å². The van der Waals surface area contributed by atoms with Gasteiger partial charge < -0.3 is 15.7 Å². The molecule has 1 aliphatic rings. The van der Waals surface area contributed by atoms with E-state index in [0.717, 1.165) is 25.0 Å². The molecule has 0 bridgehead atoms. The number of aliphatic carboxylic acids is 1. The van der Waals surface area contributed by atoms with Crippen LogP contribution in [0.5, 0.6) is 0 Å². The molecule has 0 aromatic heterocycles. The van der Waals surface area contributed by atoms with Gasteiger partial charge in [-0.1, -0.05) is 20.8 Å². The molecule has 0 saturated heterocycles.